The van der Waals surface area contributed by atoms with Crippen molar-refractivity contribution in [1.82, 2.24) is 16.1 Å². The number of carboxylic acids is 1. The average Bonchev–Trinajstić information content (AvgIpc) is 3.25. The summed E-state index contributed by atoms with van der Waals surface area (Å²) in [6, 6.07) is 7.50. The van der Waals surface area contributed by atoms with Crippen molar-refractivity contribution in [2.24, 2.45) is 5.92 Å². The van der Waals surface area contributed by atoms with Crippen molar-refractivity contribution in [1.29, 1.82) is 0 Å². The van der Waals surface area contributed by atoms with E-state index in [1.165, 1.54) is 6.08 Å². The van der Waals surface area contributed by atoms with Crippen molar-refractivity contribution < 1.29 is 33.9 Å². The Kier molecular flexibility index (Phi) is 9.66. The number of hydrogen-bond acceptors (Lipinski definition) is 7. The molecule has 1 aliphatic rings. The molecule has 1 unspecified atom stereocenters. The summed E-state index contributed by atoms with van der Waals surface area (Å²) in [5.41, 5.74) is 3.91. The fourth-order valence-electron chi connectivity index (χ4n) is 2.92. The molecular formula is C21H26BrN3O7. The second-order valence-corrected chi connectivity index (χ2v) is 8.01. The van der Waals surface area contributed by atoms with Crippen molar-refractivity contribution in [2.75, 3.05) is 5.33 Å². The Hall–Kier alpha value is -2.92. The predicted octanol–water partition coefficient (Wildman–Crippen LogP) is 1.65. The lowest BCUT2D eigenvalue weighted by Gasteiger charge is -2.23. The van der Waals surface area contributed by atoms with Crippen molar-refractivity contribution >= 4 is 39.7 Å². The van der Waals surface area contributed by atoms with Crippen LogP contribution in [0.25, 0.3) is 0 Å². The van der Waals surface area contributed by atoms with E-state index < -0.39 is 48.4 Å². The number of carboxylic acid groups (broad SMARTS) is 1. The van der Waals surface area contributed by atoms with E-state index in [4.69, 9.17) is 14.7 Å². The molecule has 10 nitrogen and oxygen atoms in total. The molecule has 1 aliphatic heterocycles. The molecule has 4 N–H and O–H groups in total. The van der Waals surface area contributed by atoms with Crippen LogP contribution in [0.4, 0.5) is 4.79 Å². The lowest BCUT2D eigenvalue weighted by atomic mass is 10.0. The molecule has 0 aromatic heterocycles. The topological polar surface area (TPSA) is 143 Å². The highest BCUT2D eigenvalue weighted by Crippen LogP contribution is 2.17. The van der Waals surface area contributed by atoms with Gasteiger partial charge in [0.15, 0.2) is 11.9 Å². The third-order valence-electron chi connectivity index (χ3n) is 4.60. The fraction of sp³-hybridized carbons (Fsp3) is 0.429. The van der Waals surface area contributed by atoms with Gasteiger partial charge in [0, 0.05) is 0 Å². The van der Waals surface area contributed by atoms with Gasteiger partial charge in [-0.2, -0.15) is 0 Å². The minimum atomic E-state index is -1.22. The molecule has 32 heavy (non-hydrogen) atoms. The molecule has 1 aromatic carbocycles. The van der Waals surface area contributed by atoms with Crippen LogP contribution in [0.1, 0.15) is 25.8 Å². The van der Waals surface area contributed by atoms with Gasteiger partial charge in [0.1, 0.15) is 6.61 Å². The van der Waals surface area contributed by atoms with Crippen LogP contribution in [0.2, 0.25) is 0 Å². The minimum Gasteiger partial charge on any atom is -0.481 e. The molecule has 0 spiro atoms. The highest BCUT2D eigenvalue weighted by Gasteiger charge is 2.33. The molecule has 0 aliphatic carbocycles. The first kappa shape index (κ1) is 25.3. The van der Waals surface area contributed by atoms with E-state index >= 15 is 0 Å². The molecule has 2 amide bonds. The van der Waals surface area contributed by atoms with E-state index in [2.05, 4.69) is 32.0 Å². The number of halogens is 1. The Morgan fingerprint density at radius 1 is 1.19 bits per heavy atom. The smallest absolute Gasteiger partial charge is 0.408 e. The van der Waals surface area contributed by atoms with E-state index in [-0.39, 0.29) is 17.9 Å². The number of hydrogen-bond donors (Lipinski definition) is 4. The lowest BCUT2D eigenvalue weighted by Crippen LogP contribution is -2.47. The van der Waals surface area contributed by atoms with Gasteiger partial charge in [-0.15, -0.1) is 0 Å². The van der Waals surface area contributed by atoms with Gasteiger partial charge < -0.3 is 20.5 Å². The van der Waals surface area contributed by atoms with Gasteiger partial charge in [-0.3, -0.25) is 24.7 Å². The predicted molar refractivity (Wildman–Crippen MR) is 117 cm³/mol. The summed E-state index contributed by atoms with van der Waals surface area (Å²) >= 11 is 2.97. The van der Waals surface area contributed by atoms with E-state index in [0.29, 0.717) is 5.70 Å². The number of nitrogens with one attached hydrogen (secondary N) is 3. The van der Waals surface area contributed by atoms with Crippen molar-refractivity contribution in [2.45, 2.75) is 45.1 Å². The summed E-state index contributed by atoms with van der Waals surface area (Å²) in [4.78, 5) is 52.9. The average molecular weight is 512 g/mol. The van der Waals surface area contributed by atoms with Crippen molar-refractivity contribution in [3.05, 3.63) is 47.7 Å². The number of rotatable bonds is 11. The number of hydroxylamine groups is 1. The number of amides is 2. The molecule has 0 saturated heterocycles. The van der Waals surface area contributed by atoms with E-state index in [1.807, 2.05) is 44.2 Å². The third-order valence-corrected chi connectivity index (χ3v) is 5.15. The summed E-state index contributed by atoms with van der Waals surface area (Å²) in [7, 11) is 0. The van der Waals surface area contributed by atoms with Crippen LogP contribution in [0.15, 0.2) is 42.1 Å². The number of benzene rings is 1. The number of carbonyl (C=O) groups is 4. The van der Waals surface area contributed by atoms with Gasteiger partial charge in [-0.05, 0) is 17.6 Å². The first-order chi connectivity index (χ1) is 15.2. The van der Waals surface area contributed by atoms with Crippen molar-refractivity contribution in [3.63, 3.8) is 0 Å². The van der Waals surface area contributed by atoms with E-state index in [9.17, 15) is 19.2 Å². The standard InChI is InChI=1S/C21H26BrN3O7/c1-12(2)19(24-21(30)31-11-13-6-4-3-5-7-13)15-8-17(32-25-15)20(29)23-14(9-18(27)28)16(26)10-22/h3-8,12,14,17,19,25H,9-11H2,1-2H3,(H,23,29)(H,24,30)(H,27,28)/t14-,17?,19-/m0/s1. The third kappa shape index (κ3) is 7.65. The molecule has 2 rings (SSSR count). The fourth-order valence-corrected chi connectivity index (χ4v) is 3.31. The number of alkyl halides is 1. The number of ether oxygens (including phenoxy) is 1. The zero-order valence-corrected chi connectivity index (χ0v) is 19.3. The van der Waals surface area contributed by atoms with Gasteiger partial charge in [-0.25, -0.2) is 4.79 Å². The number of aliphatic carboxylic acids is 1. The highest BCUT2D eigenvalue weighted by molar-refractivity contribution is 9.09. The maximum Gasteiger partial charge on any atom is 0.408 e. The molecule has 0 bridgehead atoms. The molecule has 11 heteroatoms. The lowest BCUT2D eigenvalue weighted by molar-refractivity contribution is -0.141. The van der Waals surface area contributed by atoms with Gasteiger partial charge in [0.25, 0.3) is 5.91 Å². The maximum absolute atomic E-state index is 12.5. The Morgan fingerprint density at radius 3 is 2.47 bits per heavy atom. The van der Waals surface area contributed by atoms with Gasteiger partial charge in [0.2, 0.25) is 0 Å². The van der Waals surface area contributed by atoms with Crippen LogP contribution in [0, 0.1) is 5.92 Å². The molecule has 1 heterocycles. The van der Waals surface area contributed by atoms with Crippen LogP contribution in [-0.4, -0.2) is 52.4 Å². The zero-order chi connectivity index (χ0) is 23.7. The monoisotopic (exact) mass is 511 g/mol. The molecule has 174 valence electrons. The van der Waals surface area contributed by atoms with Gasteiger partial charge >= 0.3 is 12.1 Å². The highest BCUT2D eigenvalue weighted by atomic mass is 79.9. The molecular weight excluding hydrogens is 486 g/mol. The summed E-state index contributed by atoms with van der Waals surface area (Å²) in [5.74, 6) is -2.44. The Bertz CT molecular complexity index is 860. The quantitative estimate of drug-likeness (QED) is 0.328. The summed E-state index contributed by atoms with van der Waals surface area (Å²) in [6.45, 7) is 3.85. The molecule has 1 aromatic rings. The Morgan fingerprint density at radius 2 is 1.88 bits per heavy atom. The first-order valence-electron chi connectivity index (χ1n) is 9.92. The van der Waals surface area contributed by atoms with E-state index in [1.54, 1.807) is 0 Å². The molecule has 3 atom stereocenters. The second-order valence-electron chi connectivity index (χ2n) is 7.45. The van der Waals surface area contributed by atoms with Crippen LogP contribution in [0.5, 0.6) is 0 Å². The Balaban J connectivity index is 1.98. The number of alkyl carbamates (subject to hydrolysis) is 1. The summed E-state index contributed by atoms with van der Waals surface area (Å²) in [5, 5.41) is 14.0. The molecule has 0 saturated carbocycles. The molecule has 0 radical (unpaired) electrons. The minimum absolute atomic E-state index is 0.0711. The van der Waals surface area contributed by atoms with Crippen LogP contribution >= 0.6 is 15.9 Å². The molecule has 0 fully saturated rings. The first-order valence-corrected chi connectivity index (χ1v) is 11.0. The van der Waals surface area contributed by atoms with Crippen LogP contribution < -0.4 is 16.1 Å². The van der Waals surface area contributed by atoms with Gasteiger partial charge in [-0.1, -0.05) is 60.1 Å². The zero-order valence-electron chi connectivity index (χ0n) is 17.7. The van der Waals surface area contributed by atoms with E-state index in [0.717, 1.165) is 5.56 Å². The van der Waals surface area contributed by atoms with Crippen LogP contribution in [-0.2, 0) is 30.6 Å². The normalized spacial score (nSPS) is 17.0. The Labute approximate surface area is 193 Å². The number of ketones is 1. The summed E-state index contributed by atoms with van der Waals surface area (Å²) < 4.78 is 5.25. The SMILES string of the molecule is CC(C)[C@H](NC(=O)OCc1ccccc1)C1=CC(C(=O)N[C@@H](CC(=O)O)C(=O)CBr)ON1. The largest absolute Gasteiger partial charge is 0.481 e. The summed E-state index contributed by atoms with van der Waals surface area (Å²) in [6.07, 6.45) is -0.815. The van der Waals surface area contributed by atoms with Crippen molar-refractivity contribution in [3.8, 4) is 0 Å². The van der Waals surface area contributed by atoms with Crippen LogP contribution in [0.3, 0.4) is 0 Å². The number of carbonyl (C=O) groups excluding carboxylic acids is 3. The second kappa shape index (κ2) is 12.2. The maximum atomic E-state index is 12.5. The number of Topliss-reactive ketones (excluding diaryl/α,β-unsaturated/α-hetero) is 1. The van der Waals surface area contributed by atoms with Gasteiger partial charge in [0.05, 0.1) is 29.5 Å².